The molecule has 1 N–H and O–H groups in total. The molecule has 1 aromatic rings. The van der Waals surface area contributed by atoms with Gasteiger partial charge in [-0.15, -0.1) is 0 Å². The molecule has 0 bridgehead atoms. The third-order valence-corrected chi connectivity index (χ3v) is 4.96. The maximum absolute atomic E-state index is 12.1. The minimum atomic E-state index is -0.254. The van der Waals surface area contributed by atoms with Crippen LogP contribution in [0.25, 0.3) is 0 Å². The van der Waals surface area contributed by atoms with Crippen LogP contribution in [-0.4, -0.2) is 18.5 Å². The Hall–Kier alpha value is -1.84. The second-order valence-corrected chi connectivity index (χ2v) is 7.78. The Morgan fingerprint density at radius 3 is 2.29 bits per heavy atom. The lowest BCUT2D eigenvalue weighted by Gasteiger charge is -2.36. The van der Waals surface area contributed by atoms with Crippen molar-refractivity contribution in [3.8, 4) is 0 Å². The molecule has 1 saturated carbocycles. The van der Waals surface area contributed by atoms with E-state index < -0.39 is 0 Å². The van der Waals surface area contributed by atoms with Crippen molar-refractivity contribution in [3.63, 3.8) is 0 Å². The smallest absolute Gasteiger partial charge is 0.309 e. The first-order valence-corrected chi connectivity index (χ1v) is 8.83. The van der Waals surface area contributed by atoms with Crippen molar-refractivity contribution in [2.45, 2.75) is 53.0 Å². The first-order valence-electron chi connectivity index (χ1n) is 8.83. The van der Waals surface area contributed by atoms with Crippen molar-refractivity contribution in [1.82, 2.24) is 5.32 Å². The van der Waals surface area contributed by atoms with E-state index in [9.17, 15) is 9.59 Å². The van der Waals surface area contributed by atoms with Crippen LogP contribution in [0.1, 0.15) is 52.0 Å². The summed E-state index contributed by atoms with van der Waals surface area (Å²) in [4.78, 5) is 23.9. The van der Waals surface area contributed by atoms with E-state index in [-0.39, 0.29) is 24.4 Å². The summed E-state index contributed by atoms with van der Waals surface area (Å²) in [5, 5.41) is 2.77. The number of amides is 1. The van der Waals surface area contributed by atoms with Crippen LogP contribution in [0.3, 0.4) is 0 Å². The van der Waals surface area contributed by atoms with Gasteiger partial charge >= 0.3 is 5.97 Å². The Morgan fingerprint density at radius 1 is 1.08 bits per heavy atom. The van der Waals surface area contributed by atoms with Crippen molar-refractivity contribution in [3.05, 3.63) is 35.9 Å². The fraction of sp³-hybridized carbons (Fsp3) is 0.600. The number of esters is 1. The molecule has 0 saturated heterocycles. The highest BCUT2D eigenvalue weighted by atomic mass is 16.5. The lowest BCUT2D eigenvalue weighted by molar-refractivity contribution is -0.154. The van der Waals surface area contributed by atoms with Crippen molar-refractivity contribution < 1.29 is 14.3 Å². The number of ether oxygens (including phenoxy) is 1. The van der Waals surface area contributed by atoms with Crippen LogP contribution in [-0.2, 0) is 20.9 Å². The summed E-state index contributed by atoms with van der Waals surface area (Å²) >= 11 is 0. The van der Waals surface area contributed by atoms with E-state index in [1.165, 1.54) is 0 Å². The number of hydrogen-bond donors (Lipinski definition) is 1. The van der Waals surface area contributed by atoms with Crippen LogP contribution in [0.15, 0.2) is 30.3 Å². The second-order valence-electron chi connectivity index (χ2n) is 7.78. The molecule has 0 aliphatic heterocycles. The zero-order valence-corrected chi connectivity index (χ0v) is 15.0. The predicted octanol–water partition coefficient (Wildman–Crippen LogP) is 3.70. The molecule has 1 aliphatic rings. The summed E-state index contributed by atoms with van der Waals surface area (Å²) < 4.78 is 5.20. The monoisotopic (exact) mass is 331 g/mol. The molecule has 0 radical (unpaired) electrons. The van der Waals surface area contributed by atoms with E-state index in [1.807, 2.05) is 30.3 Å². The summed E-state index contributed by atoms with van der Waals surface area (Å²) in [5.41, 5.74) is 1.32. The Kier molecular flexibility index (Phi) is 6.41. The minimum absolute atomic E-state index is 0.0504. The van der Waals surface area contributed by atoms with E-state index in [1.54, 1.807) is 0 Å². The van der Waals surface area contributed by atoms with Gasteiger partial charge in [0.15, 0.2) is 6.61 Å². The third-order valence-electron chi connectivity index (χ3n) is 4.96. The Bertz CT molecular complexity index is 540. The quantitative estimate of drug-likeness (QED) is 0.837. The van der Waals surface area contributed by atoms with E-state index in [4.69, 9.17) is 4.74 Å². The predicted molar refractivity (Wildman–Crippen MR) is 94.2 cm³/mol. The number of benzene rings is 1. The Morgan fingerprint density at radius 2 is 1.71 bits per heavy atom. The average molecular weight is 331 g/mol. The Labute approximate surface area is 145 Å². The second kappa shape index (κ2) is 8.32. The zero-order valence-electron chi connectivity index (χ0n) is 15.0. The number of nitrogens with one attached hydrogen (secondary N) is 1. The van der Waals surface area contributed by atoms with E-state index in [0.29, 0.717) is 17.9 Å². The molecular formula is C20H29NO3. The number of rotatable bonds is 5. The molecule has 0 unspecified atom stereocenters. The molecule has 2 rings (SSSR count). The van der Waals surface area contributed by atoms with E-state index >= 15 is 0 Å². The van der Waals surface area contributed by atoms with Gasteiger partial charge in [0.05, 0.1) is 5.92 Å². The molecule has 0 aromatic heterocycles. The highest BCUT2D eigenvalue weighted by molar-refractivity contribution is 5.81. The summed E-state index contributed by atoms with van der Waals surface area (Å²) in [6.45, 7) is 7.03. The van der Waals surface area contributed by atoms with Gasteiger partial charge in [-0.3, -0.25) is 9.59 Å². The molecule has 1 aliphatic carbocycles. The fourth-order valence-electron chi connectivity index (χ4n) is 3.30. The van der Waals surface area contributed by atoms with Crippen molar-refractivity contribution in [1.29, 1.82) is 0 Å². The van der Waals surface area contributed by atoms with Crippen molar-refractivity contribution in [2.24, 2.45) is 17.3 Å². The van der Waals surface area contributed by atoms with Gasteiger partial charge in [0, 0.05) is 6.54 Å². The van der Waals surface area contributed by atoms with Gasteiger partial charge in [-0.05, 0) is 42.6 Å². The molecular weight excluding hydrogens is 302 g/mol. The molecule has 132 valence electrons. The van der Waals surface area contributed by atoms with Crippen molar-refractivity contribution in [2.75, 3.05) is 6.61 Å². The molecule has 1 fully saturated rings. The maximum Gasteiger partial charge on any atom is 0.309 e. The zero-order chi connectivity index (χ0) is 17.6. The van der Waals surface area contributed by atoms with E-state index in [2.05, 4.69) is 26.1 Å². The van der Waals surface area contributed by atoms with Gasteiger partial charge in [-0.2, -0.15) is 0 Å². The summed E-state index contributed by atoms with van der Waals surface area (Å²) in [6, 6.07) is 9.67. The lowest BCUT2D eigenvalue weighted by Crippen LogP contribution is -2.32. The standard InChI is InChI=1S/C20H29NO3/c1-20(2,3)17-11-9-16(10-12-17)19(23)24-14-18(22)21-13-15-7-5-4-6-8-15/h4-8,16-17H,9-14H2,1-3H3,(H,21,22). The van der Waals surface area contributed by atoms with Crippen LogP contribution in [0.4, 0.5) is 0 Å². The first-order chi connectivity index (χ1) is 11.4. The molecule has 0 heterocycles. The highest BCUT2D eigenvalue weighted by Crippen LogP contribution is 2.40. The van der Waals surface area contributed by atoms with Crippen LogP contribution in [0, 0.1) is 17.3 Å². The van der Waals surface area contributed by atoms with Crippen LogP contribution < -0.4 is 5.32 Å². The van der Waals surface area contributed by atoms with Gasteiger partial charge in [0.25, 0.3) is 5.91 Å². The van der Waals surface area contributed by atoms with E-state index in [0.717, 1.165) is 31.2 Å². The van der Waals surface area contributed by atoms with Crippen molar-refractivity contribution >= 4 is 11.9 Å². The molecule has 0 spiro atoms. The topological polar surface area (TPSA) is 55.4 Å². The summed E-state index contributed by atoms with van der Waals surface area (Å²) in [5.74, 6) is 0.133. The Balaban J connectivity index is 1.67. The lowest BCUT2D eigenvalue weighted by atomic mass is 9.70. The van der Waals surface area contributed by atoms with Gasteiger partial charge in [0.1, 0.15) is 0 Å². The normalized spacial score (nSPS) is 21.1. The number of carbonyl (C=O) groups is 2. The van der Waals surface area contributed by atoms with Gasteiger partial charge in [0.2, 0.25) is 0 Å². The number of hydrogen-bond acceptors (Lipinski definition) is 3. The molecule has 1 amide bonds. The largest absolute Gasteiger partial charge is 0.455 e. The summed E-state index contributed by atoms with van der Waals surface area (Å²) in [7, 11) is 0. The molecule has 24 heavy (non-hydrogen) atoms. The SMILES string of the molecule is CC(C)(C)C1CCC(C(=O)OCC(=O)NCc2ccccc2)CC1. The van der Waals surface area contributed by atoms with Crippen LogP contribution in [0.2, 0.25) is 0 Å². The molecule has 1 aromatic carbocycles. The van der Waals surface area contributed by atoms with Crippen LogP contribution >= 0.6 is 0 Å². The van der Waals surface area contributed by atoms with Gasteiger partial charge < -0.3 is 10.1 Å². The molecule has 4 nitrogen and oxygen atoms in total. The first kappa shape index (κ1) is 18.5. The van der Waals surface area contributed by atoms with Crippen LogP contribution in [0.5, 0.6) is 0 Å². The maximum atomic E-state index is 12.1. The fourth-order valence-corrected chi connectivity index (χ4v) is 3.30. The summed E-state index contributed by atoms with van der Waals surface area (Å²) in [6.07, 6.45) is 3.85. The highest BCUT2D eigenvalue weighted by Gasteiger charge is 2.33. The minimum Gasteiger partial charge on any atom is -0.455 e. The molecule has 0 atom stereocenters. The third kappa shape index (κ3) is 5.66. The van der Waals surface area contributed by atoms with Gasteiger partial charge in [-0.1, -0.05) is 51.1 Å². The van der Waals surface area contributed by atoms with Gasteiger partial charge in [-0.25, -0.2) is 0 Å². The molecule has 4 heteroatoms. The number of carbonyl (C=O) groups excluding carboxylic acids is 2. The average Bonchev–Trinajstić information content (AvgIpc) is 2.58.